The molecular weight excluding hydrogens is 218 g/mol. The molecule has 0 spiro atoms. The monoisotopic (exact) mass is 228 g/mol. The third-order valence-corrected chi connectivity index (χ3v) is 3.86. The van der Waals surface area contributed by atoms with Crippen molar-refractivity contribution < 1.29 is 13.6 Å². The summed E-state index contributed by atoms with van der Waals surface area (Å²) in [5.41, 5.74) is 0.516. The van der Waals surface area contributed by atoms with Crippen molar-refractivity contribution in [3.8, 4) is 0 Å². The SMILES string of the molecule is CC1(C)SCc2cc(F)cc(F)c2C1=O. The fourth-order valence-corrected chi connectivity index (χ4v) is 2.60. The summed E-state index contributed by atoms with van der Waals surface area (Å²) in [7, 11) is 0. The second kappa shape index (κ2) is 3.30. The topological polar surface area (TPSA) is 17.1 Å². The Balaban J connectivity index is 2.62. The molecule has 4 heteroatoms. The molecule has 1 heterocycles. The zero-order valence-electron chi connectivity index (χ0n) is 8.43. The first-order chi connectivity index (χ1) is 6.92. The lowest BCUT2D eigenvalue weighted by Gasteiger charge is -2.29. The third kappa shape index (κ3) is 1.67. The van der Waals surface area contributed by atoms with Crippen molar-refractivity contribution in [2.75, 3.05) is 0 Å². The Morgan fingerprint density at radius 3 is 2.67 bits per heavy atom. The first-order valence-corrected chi connectivity index (χ1v) is 5.57. The van der Waals surface area contributed by atoms with Gasteiger partial charge in [-0.15, -0.1) is 11.8 Å². The average Bonchev–Trinajstić information content (AvgIpc) is 2.11. The van der Waals surface area contributed by atoms with Gasteiger partial charge in [0.15, 0.2) is 5.78 Å². The van der Waals surface area contributed by atoms with E-state index in [1.54, 1.807) is 13.8 Å². The zero-order chi connectivity index (χ0) is 11.2. The number of ketones is 1. The van der Waals surface area contributed by atoms with Crippen LogP contribution in [0.15, 0.2) is 12.1 Å². The molecule has 0 saturated carbocycles. The van der Waals surface area contributed by atoms with E-state index in [9.17, 15) is 13.6 Å². The molecular formula is C11H10F2OS. The highest BCUT2D eigenvalue weighted by Crippen LogP contribution is 2.39. The van der Waals surface area contributed by atoms with Gasteiger partial charge in [-0.05, 0) is 25.5 Å². The van der Waals surface area contributed by atoms with Crippen LogP contribution in [0, 0.1) is 11.6 Å². The van der Waals surface area contributed by atoms with Crippen molar-refractivity contribution in [3.05, 3.63) is 34.9 Å². The van der Waals surface area contributed by atoms with Crippen molar-refractivity contribution in [2.24, 2.45) is 0 Å². The highest BCUT2D eigenvalue weighted by molar-refractivity contribution is 8.00. The van der Waals surface area contributed by atoms with E-state index in [0.717, 1.165) is 6.07 Å². The van der Waals surface area contributed by atoms with Gasteiger partial charge in [-0.25, -0.2) is 8.78 Å². The number of thioether (sulfide) groups is 1. The molecule has 0 radical (unpaired) electrons. The van der Waals surface area contributed by atoms with Gasteiger partial charge in [0.05, 0.1) is 10.3 Å². The van der Waals surface area contributed by atoms with E-state index < -0.39 is 16.4 Å². The largest absolute Gasteiger partial charge is 0.293 e. The minimum atomic E-state index is -0.747. The molecule has 0 atom stereocenters. The quantitative estimate of drug-likeness (QED) is 0.678. The van der Waals surface area contributed by atoms with Crippen LogP contribution in [-0.4, -0.2) is 10.5 Å². The number of Topliss-reactive ketones (excluding diaryl/α,β-unsaturated/α-hetero) is 1. The number of fused-ring (bicyclic) bond motifs is 1. The molecule has 1 aromatic rings. The summed E-state index contributed by atoms with van der Waals surface area (Å²) < 4.78 is 25.8. The highest BCUT2D eigenvalue weighted by atomic mass is 32.2. The molecule has 1 aromatic carbocycles. The molecule has 0 saturated heterocycles. The number of hydrogen-bond acceptors (Lipinski definition) is 2. The molecule has 15 heavy (non-hydrogen) atoms. The number of rotatable bonds is 0. The highest BCUT2D eigenvalue weighted by Gasteiger charge is 2.37. The van der Waals surface area contributed by atoms with Crippen LogP contribution < -0.4 is 0 Å². The van der Waals surface area contributed by atoms with Crippen LogP contribution >= 0.6 is 11.8 Å². The van der Waals surface area contributed by atoms with Gasteiger partial charge >= 0.3 is 0 Å². The number of carbonyl (C=O) groups excluding carboxylic acids is 1. The summed E-state index contributed by atoms with van der Waals surface area (Å²) in [6.07, 6.45) is 0. The fraction of sp³-hybridized carbons (Fsp3) is 0.364. The predicted octanol–water partition coefficient (Wildman–Crippen LogP) is 3.17. The van der Waals surface area contributed by atoms with Crippen LogP contribution in [0.5, 0.6) is 0 Å². The van der Waals surface area contributed by atoms with Crippen LogP contribution in [-0.2, 0) is 5.75 Å². The van der Waals surface area contributed by atoms with E-state index in [1.807, 2.05) is 0 Å². The number of halogens is 2. The van der Waals surface area contributed by atoms with Gasteiger partial charge in [0.1, 0.15) is 11.6 Å². The maximum absolute atomic E-state index is 13.5. The molecule has 0 N–H and O–H groups in total. The molecule has 0 amide bonds. The second-order valence-electron chi connectivity index (χ2n) is 4.05. The summed E-state index contributed by atoms with van der Waals surface area (Å²) in [4.78, 5) is 11.9. The maximum atomic E-state index is 13.5. The summed E-state index contributed by atoms with van der Waals surface area (Å²) >= 11 is 1.41. The van der Waals surface area contributed by atoms with Crippen molar-refractivity contribution >= 4 is 17.5 Å². The fourth-order valence-electron chi connectivity index (χ4n) is 1.62. The van der Waals surface area contributed by atoms with Crippen molar-refractivity contribution in [1.82, 2.24) is 0 Å². The lowest BCUT2D eigenvalue weighted by atomic mass is 9.95. The number of benzene rings is 1. The van der Waals surface area contributed by atoms with Crippen LogP contribution in [0.1, 0.15) is 29.8 Å². The third-order valence-electron chi connectivity index (χ3n) is 2.50. The van der Waals surface area contributed by atoms with Crippen LogP contribution in [0.25, 0.3) is 0 Å². The van der Waals surface area contributed by atoms with Gasteiger partial charge in [0, 0.05) is 11.8 Å². The Morgan fingerprint density at radius 1 is 1.33 bits per heavy atom. The molecule has 0 fully saturated rings. The van der Waals surface area contributed by atoms with E-state index in [1.165, 1.54) is 17.8 Å². The van der Waals surface area contributed by atoms with E-state index in [0.29, 0.717) is 11.3 Å². The van der Waals surface area contributed by atoms with E-state index in [2.05, 4.69) is 0 Å². The van der Waals surface area contributed by atoms with Crippen molar-refractivity contribution in [1.29, 1.82) is 0 Å². The molecule has 0 aromatic heterocycles. The van der Waals surface area contributed by atoms with Gasteiger partial charge in [-0.2, -0.15) is 0 Å². The predicted molar refractivity (Wildman–Crippen MR) is 56.1 cm³/mol. The Bertz CT molecular complexity index is 440. The summed E-state index contributed by atoms with van der Waals surface area (Å²) in [6, 6.07) is 2.00. The van der Waals surface area contributed by atoms with Crippen LogP contribution in [0.2, 0.25) is 0 Å². The van der Waals surface area contributed by atoms with Crippen molar-refractivity contribution in [3.63, 3.8) is 0 Å². The Morgan fingerprint density at radius 2 is 2.00 bits per heavy atom. The molecule has 1 nitrogen and oxygen atoms in total. The van der Waals surface area contributed by atoms with Gasteiger partial charge in [0.2, 0.25) is 0 Å². The Kier molecular flexibility index (Phi) is 2.34. The summed E-state index contributed by atoms with van der Waals surface area (Å²) in [5, 5.41) is 0. The minimum absolute atomic E-state index is 0.0557. The van der Waals surface area contributed by atoms with E-state index >= 15 is 0 Å². The van der Waals surface area contributed by atoms with Crippen LogP contribution in [0.3, 0.4) is 0 Å². The van der Waals surface area contributed by atoms with Gasteiger partial charge < -0.3 is 0 Å². The van der Waals surface area contributed by atoms with E-state index in [4.69, 9.17) is 0 Å². The molecule has 0 bridgehead atoms. The second-order valence-corrected chi connectivity index (χ2v) is 5.65. The number of carbonyl (C=O) groups is 1. The zero-order valence-corrected chi connectivity index (χ0v) is 9.25. The lowest BCUT2D eigenvalue weighted by Crippen LogP contribution is -2.33. The van der Waals surface area contributed by atoms with Crippen LogP contribution in [0.4, 0.5) is 8.78 Å². The molecule has 0 aliphatic carbocycles. The first-order valence-electron chi connectivity index (χ1n) is 4.58. The van der Waals surface area contributed by atoms with Crippen molar-refractivity contribution in [2.45, 2.75) is 24.3 Å². The minimum Gasteiger partial charge on any atom is -0.293 e. The van der Waals surface area contributed by atoms with Gasteiger partial charge in [-0.1, -0.05) is 0 Å². The lowest BCUT2D eigenvalue weighted by molar-refractivity contribution is 0.0951. The normalized spacial score (nSPS) is 18.8. The summed E-state index contributed by atoms with van der Waals surface area (Å²) in [6.45, 7) is 3.51. The standard InChI is InChI=1S/C11H10F2OS/c1-11(2)10(14)9-6(5-15-11)3-7(12)4-8(9)13/h3-4H,5H2,1-2H3. The molecule has 1 aliphatic rings. The average molecular weight is 228 g/mol. The Hall–Kier alpha value is -0.900. The van der Waals surface area contributed by atoms with Gasteiger partial charge in [0.25, 0.3) is 0 Å². The Labute approximate surface area is 90.9 Å². The van der Waals surface area contributed by atoms with E-state index in [-0.39, 0.29) is 11.3 Å². The maximum Gasteiger partial charge on any atom is 0.181 e. The molecule has 1 aliphatic heterocycles. The molecule has 80 valence electrons. The van der Waals surface area contributed by atoms with Gasteiger partial charge in [-0.3, -0.25) is 4.79 Å². The summed E-state index contributed by atoms with van der Waals surface area (Å²) in [5.74, 6) is -1.16. The number of hydrogen-bond donors (Lipinski definition) is 0. The molecule has 2 rings (SSSR count). The molecule has 0 unspecified atom stereocenters. The first kappa shape index (κ1) is 10.6. The smallest absolute Gasteiger partial charge is 0.181 e.